The van der Waals surface area contributed by atoms with Gasteiger partial charge in [-0.05, 0) is 42.3 Å². The number of rotatable bonds is 4. The Balaban J connectivity index is 1.79. The lowest BCUT2D eigenvalue weighted by molar-refractivity contribution is -0.106. The molecule has 2 heterocycles. The topological polar surface area (TPSA) is 59.2 Å². The molecule has 130 valence electrons. The molecule has 0 unspecified atom stereocenters. The van der Waals surface area contributed by atoms with Crippen molar-refractivity contribution in [2.24, 2.45) is 0 Å². The normalized spacial score (nSPS) is 11.0. The number of oxazole rings is 1. The van der Waals surface area contributed by atoms with Gasteiger partial charge in [0.2, 0.25) is 6.41 Å². The van der Waals surface area contributed by atoms with Crippen LogP contribution in [0.2, 0.25) is 0 Å². The van der Waals surface area contributed by atoms with Gasteiger partial charge in [-0.2, -0.15) is 0 Å². The Morgan fingerprint density at radius 2 is 1.96 bits per heavy atom. The zero-order valence-electron chi connectivity index (χ0n) is 13.4. The third-order valence-electron chi connectivity index (χ3n) is 3.93. The number of aryl methyl sites for hydroxylation is 1. The van der Waals surface area contributed by atoms with Crippen LogP contribution in [-0.4, -0.2) is 16.4 Å². The molecule has 0 aliphatic heterocycles. The van der Waals surface area contributed by atoms with Crippen molar-refractivity contribution in [2.75, 3.05) is 4.90 Å². The van der Waals surface area contributed by atoms with Crippen LogP contribution in [0.15, 0.2) is 47.3 Å². The summed E-state index contributed by atoms with van der Waals surface area (Å²) in [4.78, 5) is 21.4. The predicted molar refractivity (Wildman–Crippen MR) is 94.4 cm³/mol. The van der Waals surface area contributed by atoms with Crippen molar-refractivity contribution < 1.29 is 18.0 Å². The molecule has 0 N–H and O–H groups in total. The molecule has 0 radical (unpaired) electrons. The van der Waals surface area contributed by atoms with E-state index in [0.29, 0.717) is 17.5 Å². The molecule has 5 nitrogen and oxygen atoms in total. The SMILES string of the molecule is Cc1cc2ocnc2cc1-c1cnc(N(C=O)c2c(F)cccc2F)s1. The highest BCUT2D eigenvalue weighted by Gasteiger charge is 2.21. The summed E-state index contributed by atoms with van der Waals surface area (Å²) in [6.45, 7) is 1.91. The molecular weight excluding hydrogens is 360 g/mol. The van der Waals surface area contributed by atoms with E-state index in [1.807, 2.05) is 19.1 Å². The summed E-state index contributed by atoms with van der Waals surface area (Å²) < 4.78 is 33.3. The van der Waals surface area contributed by atoms with Crippen LogP contribution in [0, 0.1) is 18.6 Å². The number of carbonyl (C=O) groups excluding carboxylic acids is 1. The van der Waals surface area contributed by atoms with E-state index in [1.54, 1.807) is 6.20 Å². The van der Waals surface area contributed by atoms with Crippen LogP contribution in [0.1, 0.15) is 5.56 Å². The standard InChI is InChI=1S/C18H11F2N3O2S/c1-10-5-15-14(22-8-25-15)6-11(10)16-7-21-18(26-16)23(9-24)17-12(19)3-2-4-13(17)20/h2-9H,1H3. The fraction of sp³-hybridized carbons (Fsp3) is 0.0556. The van der Waals surface area contributed by atoms with Crippen LogP contribution in [-0.2, 0) is 4.79 Å². The molecule has 8 heteroatoms. The van der Waals surface area contributed by atoms with Gasteiger partial charge in [0.05, 0.1) is 4.88 Å². The van der Waals surface area contributed by atoms with E-state index < -0.39 is 17.3 Å². The van der Waals surface area contributed by atoms with Gasteiger partial charge in [-0.15, -0.1) is 0 Å². The Bertz CT molecular complexity index is 1100. The smallest absolute Gasteiger partial charge is 0.220 e. The summed E-state index contributed by atoms with van der Waals surface area (Å²) in [6.07, 6.45) is 3.27. The third kappa shape index (κ3) is 2.64. The maximum Gasteiger partial charge on any atom is 0.220 e. The second-order valence-corrected chi connectivity index (χ2v) is 6.55. The highest BCUT2D eigenvalue weighted by Crippen LogP contribution is 2.38. The summed E-state index contributed by atoms with van der Waals surface area (Å²) in [6, 6.07) is 7.12. The minimum absolute atomic E-state index is 0.165. The predicted octanol–water partition coefficient (Wildman–Crippen LogP) is 4.83. The number of amides is 1. The van der Waals surface area contributed by atoms with E-state index in [4.69, 9.17) is 4.42 Å². The van der Waals surface area contributed by atoms with E-state index >= 15 is 0 Å². The maximum atomic E-state index is 14.0. The maximum absolute atomic E-state index is 14.0. The molecule has 0 saturated carbocycles. The number of carbonyl (C=O) groups is 1. The zero-order chi connectivity index (χ0) is 18.3. The molecule has 26 heavy (non-hydrogen) atoms. The molecule has 1 amide bonds. The van der Waals surface area contributed by atoms with Crippen LogP contribution >= 0.6 is 11.3 Å². The second-order valence-electron chi connectivity index (χ2n) is 5.54. The first-order valence-electron chi connectivity index (χ1n) is 7.57. The second kappa shape index (κ2) is 6.30. The number of aromatic nitrogens is 2. The number of benzene rings is 2. The third-order valence-corrected chi connectivity index (χ3v) is 4.96. The number of thiazole rings is 1. The molecule has 0 atom stereocenters. The first kappa shape index (κ1) is 16.3. The highest BCUT2D eigenvalue weighted by molar-refractivity contribution is 7.19. The number of hydrogen-bond acceptors (Lipinski definition) is 5. The lowest BCUT2D eigenvalue weighted by Crippen LogP contribution is -2.16. The average Bonchev–Trinajstić information content (AvgIpc) is 3.26. The molecule has 0 spiro atoms. The number of anilines is 2. The zero-order valence-corrected chi connectivity index (χ0v) is 14.3. The van der Waals surface area contributed by atoms with Gasteiger partial charge in [0.25, 0.3) is 0 Å². The first-order valence-corrected chi connectivity index (χ1v) is 8.38. The highest BCUT2D eigenvalue weighted by atomic mass is 32.1. The lowest BCUT2D eigenvalue weighted by atomic mass is 10.1. The van der Waals surface area contributed by atoms with Gasteiger partial charge >= 0.3 is 0 Å². The minimum atomic E-state index is -0.839. The van der Waals surface area contributed by atoms with Crippen LogP contribution in [0.5, 0.6) is 0 Å². The van der Waals surface area contributed by atoms with E-state index in [9.17, 15) is 13.6 Å². The van der Waals surface area contributed by atoms with Crippen LogP contribution in [0.4, 0.5) is 19.6 Å². The van der Waals surface area contributed by atoms with Crippen LogP contribution in [0.25, 0.3) is 21.5 Å². The Kier molecular flexibility index (Phi) is 3.96. The van der Waals surface area contributed by atoms with Gasteiger partial charge in [0.1, 0.15) is 22.8 Å². The molecule has 4 aromatic rings. The quantitative estimate of drug-likeness (QED) is 0.482. The van der Waals surface area contributed by atoms with Gasteiger partial charge in [-0.1, -0.05) is 17.4 Å². The van der Waals surface area contributed by atoms with Gasteiger partial charge < -0.3 is 4.42 Å². The number of halogens is 2. The number of para-hydroxylation sites is 1. The van der Waals surface area contributed by atoms with Crippen LogP contribution < -0.4 is 4.90 Å². The molecular formula is C18H11F2N3O2S. The van der Waals surface area contributed by atoms with E-state index in [1.165, 1.54) is 12.5 Å². The van der Waals surface area contributed by atoms with Crippen molar-refractivity contribution in [3.63, 3.8) is 0 Å². The average molecular weight is 371 g/mol. The summed E-state index contributed by atoms with van der Waals surface area (Å²) in [5.41, 5.74) is 2.69. The number of nitrogens with zero attached hydrogens (tertiary/aromatic N) is 3. The monoisotopic (exact) mass is 371 g/mol. The van der Waals surface area contributed by atoms with Crippen molar-refractivity contribution >= 4 is 39.7 Å². The summed E-state index contributed by atoms with van der Waals surface area (Å²) in [5.74, 6) is -1.68. The molecule has 4 rings (SSSR count). The van der Waals surface area contributed by atoms with E-state index in [2.05, 4.69) is 9.97 Å². The van der Waals surface area contributed by atoms with Gasteiger partial charge in [-0.25, -0.2) is 18.7 Å². The molecule has 0 bridgehead atoms. The fourth-order valence-corrected chi connectivity index (χ4v) is 3.65. The summed E-state index contributed by atoms with van der Waals surface area (Å²) >= 11 is 1.15. The fourth-order valence-electron chi connectivity index (χ4n) is 2.68. The van der Waals surface area contributed by atoms with Crippen molar-refractivity contribution in [3.8, 4) is 10.4 Å². The van der Waals surface area contributed by atoms with Crippen molar-refractivity contribution in [1.29, 1.82) is 0 Å². The molecule has 2 aromatic heterocycles. The van der Waals surface area contributed by atoms with Gasteiger partial charge in [0.15, 0.2) is 17.1 Å². The largest absolute Gasteiger partial charge is 0.443 e. The van der Waals surface area contributed by atoms with Crippen molar-refractivity contribution in [2.45, 2.75) is 6.92 Å². The van der Waals surface area contributed by atoms with Crippen molar-refractivity contribution in [1.82, 2.24) is 9.97 Å². The Morgan fingerprint density at radius 1 is 1.19 bits per heavy atom. The molecule has 0 aliphatic carbocycles. The molecule has 2 aromatic carbocycles. The Hall–Kier alpha value is -3.13. The molecule has 0 fully saturated rings. The Labute approximate surface area is 150 Å². The molecule has 0 saturated heterocycles. The first-order chi connectivity index (χ1) is 12.6. The summed E-state index contributed by atoms with van der Waals surface area (Å²) in [5, 5.41) is 0.165. The van der Waals surface area contributed by atoms with E-state index in [0.717, 1.165) is 44.4 Å². The minimum Gasteiger partial charge on any atom is -0.443 e. The number of fused-ring (bicyclic) bond motifs is 1. The van der Waals surface area contributed by atoms with Crippen molar-refractivity contribution in [3.05, 3.63) is 60.1 Å². The van der Waals surface area contributed by atoms with Gasteiger partial charge in [-0.3, -0.25) is 9.69 Å². The molecule has 0 aliphatic rings. The Morgan fingerprint density at radius 3 is 2.69 bits per heavy atom. The summed E-state index contributed by atoms with van der Waals surface area (Å²) in [7, 11) is 0. The lowest BCUT2D eigenvalue weighted by Gasteiger charge is -2.15. The van der Waals surface area contributed by atoms with Crippen LogP contribution in [0.3, 0.4) is 0 Å². The number of hydrogen-bond donors (Lipinski definition) is 0. The van der Waals surface area contributed by atoms with E-state index in [-0.39, 0.29) is 5.13 Å². The van der Waals surface area contributed by atoms with Gasteiger partial charge in [0, 0.05) is 6.20 Å².